The molecule has 0 aliphatic rings. The van der Waals surface area contributed by atoms with Gasteiger partial charge in [0.1, 0.15) is 0 Å². The minimum Gasteiger partial charge on any atom is -0.309 e. The van der Waals surface area contributed by atoms with Crippen LogP contribution in [0.3, 0.4) is 0 Å². The van der Waals surface area contributed by atoms with Crippen LogP contribution < -0.4 is 0 Å². The second-order valence-corrected chi connectivity index (χ2v) is 18.7. The highest BCUT2D eigenvalue weighted by atomic mass is 19.4. The molecule has 0 unspecified atom stereocenters. The van der Waals surface area contributed by atoms with Gasteiger partial charge in [-0.15, -0.1) is 0 Å². The normalized spacial score (nSPS) is 12.7. The number of nitrogens with zero attached hydrogens (tertiary/aromatic N) is 4. The Balaban J connectivity index is 1.16. The standard InChI is InChI=1S/C61H29F15N4/c62-57(63,64)39-20-37(21-40(27-39)58(65,66)67)33-11-16-54-48(24-33)45-5-1-3-7-52(45)79(54)43-14-10-36(31-78)47(29-43)50-26-35(44-15-9-32(30-77)19-51(44)61(74,75)76)13-18-56(50)80-53-8-4-2-6-46(53)49-25-34(12-17-55(49)80)38-22-41(59(68,69)70)28-42(23-38)60(71,72)73/h1-29H. The number of alkyl halides is 15. The molecule has 398 valence electrons. The van der Waals surface area contributed by atoms with Crippen molar-refractivity contribution < 1.29 is 65.9 Å². The van der Waals surface area contributed by atoms with Crippen molar-refractivity contribution in [2.75, 3.05) is 0 Å². The van der Waals surface area contributed by atoms with Crippen LogP contribution in [-0.4, -0.2) is 9.13 Å². The summed E-state index contributed by atoms with van der Waals surface area (Å²) in [5.41, 5.74) is -6.30. The molecule has 9 aromatic carbocycles. The average Bonchev–Trinajstić information content (AvgIpc) is 4.17. The van der Waals surface area contributed by atoms with Gasteiger partial charge in [0.05, 0.1) is 78.8 Å². The van der Waals surface area contributed by atoms with E-state index in [0.29, 0.717) is 79.6 Å². The van der Waals surface area contributed by atoms with Gasteiger partial charge in [0, 0.05) is 38.4 Å². The van der Waals surface area contributed by atoms with E-state index in [4.69, 9.17) is 0 Å². The van der Waals surface area contributed by atoms with Crippen molar-refractivity contribution in [3.8, 4) is 68.0 Å². The molecule has 0 aliphatic heterocycles. The number of fused-ring (bicyclic) bond motifs is 6. The van der Waals surface area contributed by atoms with Crippen molar-refractivity contribution in [2.45, 2.75) is 30.9 Å². The monoisotopic (exact) mass is 1100 g/mol. The summed E-state index contributed by atoms with van der Waals surface area (Å²) in [6.45, 7) is 0. The maximum Gasteiger partial charge on any atom is 0.417 e. The summed E-state index contributed by atoms with van der Waals surface area (Å²) in [4.78, 5) is 0. The van der Waals surface area contributed by atoms with E-state index in [1.165, 1.54) is 66.7 Å². The molecule has 19 heteroatoms. The highest BCUT2D eigenvalue weighted by Gasteiger charge is 2.39. The van der Waals surface area contributed by atoms with Gasteiger partial charge >= 0.3 is 30.9 Å². The molecule has 0 radical (unpaired) electrons. The van der Waals surface area contributed by atoms with Gasteiger partial charge in [0.25, 0.3) is 0 Å². The Bertz CT molecular complexity index is 4370. The lowest BCUT2D eigenvalue weighted by Gasteiger charge is -2.20. The number of nitriles is 2. The number of para-hydroxylation sites is 2. The molecule has 80 heavy (non-hydrogen) atoms. The van der Waals surface area contributed by atoms with Gasteiger partial charge in [-0.1, -0.05) is 60.7 Å². The zero-order valence-corrected chi connectivity index (χ0v) is 40.2. The first-order chi connectivity index (χ1) is 37.7. The lowest BCUT2D eigenvalue weighted by Crippen LogP contribution is -2.11. The lowest BCUT2D eigenvalue weighted by atomic mass is 9.91. The molecule has 11 rings (SSSR count). The van der Waals surface area contributed by atoms with Crippen LogP contribution in [0, 0.1) is 22.7 Å². The van der Waals surface area contributed by atoms with Gasteiger partial charge in [-0.2, -0.15) is 76.4 Å². The summed E-state index contributed by atoms with van der Waals surface area (Å²) >= 11 is 0. The Morgan fingerprint density at radius 1 is 0.312 bits per heavy atom. The summed E-state index contributed by atoms with van der Waals surface area (Å²) in [7, 11) is 0. The van der Waals surface area contributed by atoms with E-state index in [2.05, 4.69) is 6.07 Å². The smallest absolute Gasteiger partial charge is 0.309 e. The maximum atomic E-state index is 14.9. The van der Waals surface area contributed by atoms with E-state index in [-0.39, 0.29) is 67.9 Å². The molecule has 0 spiro atoms. The fourth-order valence-corrected chi connectivity index (χ4v) is 10.3. The minimum absolute atomic E-state index is 0.0100. The molecule has 0 bridgehead atoms. The number of aromatic nitrogens is 2. The Labute approximate surface area is 441 Å². The van der Waals surface area contributed by atoms with Crippen molar-refractivity contribution in [1.29, 1.82) is 10.5 Å². The van der Waals surface area contributed by atoms with Crippen molar-refractivity contribution >= 4 is 43.6 Å². The predicted molar refractivity (Wildman–Crippen MR) is 271 cm³/mol. The molecule has 0 atom stereocenters. The Morgan fingerprint density at radius 2 is 0.775 bits per heavy atom. The molecule has 0 N–H and O–H groups in total. The van der Waals surface area contributed by atoms with Crippen LogP contribution in [0.5, 0.6) is 0 Å². The Morgan fingerprint density at radius 3 is 1.25 bits per heavy atom. The Hall–Kier alpha value is -9.49. The van der Waals surface area contributed by atoms with Crippen LogP contribution in [-0.2, 0) is 30.9 Å². The van der Waals surface area contributed by atoms with E-state index in [9.17, 15) is 76.4 Å². The molecule has 0 saturated carbocycles. The predicted octanol–water partition coefficient (Wildman–Crippen LogP) is 19.4. The molecule has 4 nitrogen and oxygen atoms in total. The average molecular weight is 1100 g/mol. The van der Waals surface area contributed by atoms with Crippen molar-refractivity contribution in [2.24, 2.45) is 0 Å². The first-order valence-electron chi connectivity index (χ1n) is 23.7. The second-order valence-electron chi connectivity index (χ2n) is 18.7. The van der Waals surface area contributed by atoms with Crippen LogP contribution >= 0.6 is 0 Å². The van der Waals surface area contributed by atoms with Crippen molar-refractivity contribution in [3.05, 3.63) is 215 Å². The number of benzene rings is 9. The number of halogens is 15. The lowest BCUT2D eigenvalue weighted by molar-refractivity contribution is -0.144. The molecule has 0 amide bonds. The van der Waals surface area contributed by atoms with Gasteiger partial charge in [0.2, 0.25) is 0 Å². The number of hydrogen-bond acceptors (Lipinski definition) is 2. The molecule has 11 aromatic rings. The molecule has 2 heterocycles. The van der Waals surface area contributed by atoms with E-state index >= 15 is 0 Å². The molecule has 0 aliphatic carbocycles. The van der Waals surface area contributed by atoms with Crippen molar-refractivity contribution in [1.82, 2.24) is 9.13 Å². The van der Waals surface area contributed by atoms with E-state index in [1.54, 1.807) is 75.9 Å². The second kappa shape index (κ2) is 18.6. The third-order valence-electron chi connectivity index (χ3n) is 13.9. The fourth-order valence-electron chi connectivity index (χ4n) is 10.3. The minimum atomic E-state index is -5.15. The van der Waals surface area contributed by atoms with E-state index in [1.807, 2.05) is 0 Å². The zero-order valence-electron chi connectivity index (χ0n) is 40.2. The first-order valence-corrected chi connectivity index (χ1v) is 23.7. The third-order valence-corrected chi connectivity index (χ3v) is 13.9. The summed E-state index contributed by atoms with van der Waals surface area (Å²) in [5, 5.41) is 22.1. The van der Waals surface area contributed by atoms with Gasteiger partial charge in [-0.3, -0.25) is 0 Å². The maximum absolute atomic E-state index is 14.9. The summed E-state index contributed by atoms with van der Waals surface area (Å²) in [6, 6.07) is 40.1. The molecule has 0 saturated heterocycles. The topological polar surface area (TPSA) is 57.4 Å². The largest absolute Gasteiger partial charge is 0.417 e. The highest BCUT2D eigenvalue weighted by Crippen LogP contribution is 2.47. The van der Waals surface area contributed by atoms with Crippen LogP contribution in [0.2, 0.25) is 0 Å². The number of rotatable bonds is 6. The van der Waals surface area contributed by atoms with Crippen LogP contribution in [0.1, 0.15) is 38.9 Å². The van der Waals surface area contributed by atoms with Crippen LogP contribution in [0.25, 0.3) is 99.5 Å². The zero-order chi connectivity index (χ0) is 57.0. The number of hydrogen-bond donors (Lipinski definition) is 0. The fraction of sp³-hybridized carbons (Fsp3) is 0.0820. The summed E-state index contributed by atoms with van der Waals surface area (Å²) in [6.07, 6.45) is -25.5. The quantitative estimate of drug-likeness (QED) is 0.156. The Kier molecular flexibility index (Phi) is 12.2. The SMILES string of the molecule is N#Cc1ccc(-c2ccc(-n3c4ccccc4c4cc(-c5cc(C(F)(F)F)cc(C(F)(F)F)c5)ccc43)c(-c3cc(-n4c5ccccc5c5cc(-c6cc(C(F)(F)F)cc(C(F)(F)F)c6)ccc54)ccc3C#N)c2)c(C(F)(F)F)c1. The first kappa shape index (κ1) is 52.6. The molecular formula is C61H29F15N4. The summed E-state index contributed by atoms with van der Waals surface area (Å²) in [5.74, 6) is 0. The van der Waals surface area contributed by atoms with Gasteiger partial charge < -0.3 is 9.13 Å². The summed E-state index contributed by atoms with van der Waals surface area (Å²) < 4.78 is 217. The highest BCUT2D eigenvalue weighted by molar-refractivity contribution is 6.12. The van der Waals surface area contributed by atoms with Gasteiger partial charge in [-0.25, -0.2) is 0 Å². The molecular weight excluding hydrogens is 1070 g/mol. The third kappa shape index (κ3) is 9.27. The van der Waals surface area contributed by atoms with E-state index in [0.717, 1.165) is 6.07 Å². The van der Waals surface area contributed by atoms with E-state index < -0.39 is 64.3 Å². The van der Waals surface area contributed by atoms with Crippen LogP contribution in [0.15, 0.2) is 176 Å². The molecule has 0 fully saturated rings. The van der Waals surface area contributed by atoms with Crippen LogP contribution in [0.4, 0.5) is 65.9 Å². The molecule has 2 aromatic heterocycles. The van der Waals surface area contributed by atoms with Gasteiger partial charge in [0.15, 0.2) is 0 Å². The van der Waals surface area contributed by atoms with Gasteiger partial charge in [-0.05, 0) is 149 Å². The van der Waals surface area contributed by atoms with Crippen molar-refractivity contribution in [3.63, 3.8) is 0 Å².